The van der Waals surface area contributed by atoms with Gasteiger partial charge in [-0.15, -0.1) is 12.6 Å². The van der Waals surface area contributed by atoms with Crippen molar-refractivity contribution in [3.63, 3.8) is 0 Å². The standard InChI is InChI=1S/C11H10ClN3O2S/c1-6-14-10(17-15-6)5-13-11(16)8-4-7(18)2-3-9(8)12/h2-4,18H,5H2,1H3,(H,13,16). The van der Waals surface area contributed by atoms with Crippen molar-refractivity contribution >= 4 is 30.1 Å². The van der Waals surface area contributed by atoms with Gasteiger partial charge in [-0.2, -0.15) is 4.98 Å². The van der Waals surface area contributed by atoms with Crippen LogP contribution in [0.5, 0.6) is 0 Å². The van der Waals surface area contributed by atoms with Crippen LogP contribution >= 0.6 is 24.2 Å². The molecule has 0 aliphatic carbocycles. The zero-order valence-corrected chi connectivity index (χ0v) is 11.1. The molecule has 0 fully saturated rings. The molecule has 1 heterocycles. The fourth-order valence-corrected chi connectivity index (χ4v) is 1.76. The van der Waals surface area contributed by atoms with Gasteiger partial charge >= 0.3 is 0 Å². The van der Waals surface area contributed by atoms with E-state index < -0.39 is 0 Å². The predicted octanol–water partition coefficient (Wildman–Crippen LogP) is 2.25. The minimum Gasteiger partial charge on any atom is -0.343 e. The molecule has 0 aliphatic rings. The van der Waals surface area contributed by atoms with Crippen LogP contribution in [0.25, 0.3) is 0 Å². The number of nitrogens with zero attached hydrogens (tertiary/aromatic N) is 2. The van der Waals surface area contributed by atoms with Crippen molar-refractivity contribution < 1.29 is 9.32 Å². The Labute approximate surface area is 114 Å². The molecule has 1 amide bonds. The lowest BCUT2D eigenvalue weighted by atomic mass is 10.2. The summed E-state index contributed by atoms with van der Waals surface area (Å²) in [6.07, 6.45) is 0. The van der Waals surface area contributed by atoms with E-state index in [0.717, 1.165) is 0 Å². The van der Waals surface area contributed by atoms with Crippen molar-refractivity contribution in [1.29, 1.82) is 0 Å². The molecule has 0 atom stereocenters. The highest BCUT2D eigenvalue weighted by Gasteiger charge is 2.12. The summed E-state index contributed by atoms with van der Waals surface area (Å²) in [6.45, 7) is 1.86. The van der Waals surface area contributed by atoms with E-state index in [4.69, 9.17) is 16.1 Å². The minimum atomic E-state index is -0.313. The SMILES string of the molecule is Cc1noc(CNC(=O)c2cc(S)ccc2Cl)n1. The first kappa shape index (κ1) is 12.9. The fraction of sp³-hybridized carbons (Fsp3) is 0.182. The van der Waals surface area contributed by atoms with Crippen molar-refractivity contribution in [3.8, 4) is 0 Å². The molecule has 2 aromatic rings. The molecule has 0 unspecified atom stereocenters. The Balaban J connectivity index is 2.05. The Morgan fingerprint density at radius 1 is 1.56 bits per heavy atom. The number of carbonyl (C=O) groups is 1. The van der Waals surface area contributed by atoms with E-state index in [-0.39, 0.29) is 12.5 Å². The monoisotopic (exact) mass is 283 g/mol. The number of thiol groups is 1. The lowest BCUT2D eigenvalue weighted by molar-refractivity contribution is 0.0946. The number of amides is 1. The lowest BCUT2D eigenvalue weighted by Crippen LogP contribution is -2.23. The van der Waals surface area contributed by atoms with Gasteiger partial charge in [0.05, 0.1) is 17.1 Å². The Morgan fingerprint density at radius 2 is 2.33 bits per heavy atom. The van der Waals surface area contributed by atoms with E-state index in [2.05, 4.69) is 28.1 Å². The van der Waals surface area contributed by atoms with E-state index in [1.54, 1.807) is 25.1 Å². The highest BCUT2D eigenvalue weighted by Crippen LogP contribution is 2.19. The number of halogens is 1. The maximum absolute atomic E-state index is 11.9. The number of carbonyl (C=O) groups excluding carboxylic acids is 1. The van der Waals surface area contributed by atoms with E-state index in [0.29, 0.717) is 27.2 Å². The van der Waals surface area contributed by atoms with Gasteiger partial charge in [-0.1, -0.05) is 16.8 Å². The van der Waals surface area contributed by atoms with Crippen LogP contribution in [-0.2, 0) is 6.54 Å². The maximum atomic E-state index is 11.9. The largest absolute Gasteiger partial charge is 0.343 e. The summed E-state index contributed by atoms with van der Waals surface area (Å²) < 4.78 is 4.88. The molecule has 1 N–H and O–H groups in total. The average Bonchev–Trinajstić information content (AvgIpc) is 2.75. The van der Waals surface area contributed by atoms with Gasteiger partial charge < -0.3 is 9.84 Å². The van der Waals surface area contributed by atoms with Gasteiger partial charge in [0.2, 0.25) is 5.89 Å². The molecule has 0 bridgehead atoms. The van der Waals surface area contributed by atoms with E-state index in [1.165, 1.54) is 0 Å². The predicted molar refractivity (Wildman–Crippen MR) is 68.9 cm³/mol. The van der Waals surface area contributed by atoms with Crippen LogP contribution in [0.1, 0.15) is 22.1 Å². The van der Waals surface area contributed by atoms with Gasteiger partial charge in [-0.05, 0) is 25.1 Å². The highest BCUT2D eigenvalue weighted by atomic mass is 35.5. The Bertz CT molecular complexity index is 585. The molecule has 7 heteroatoms. The van der Waals surface area contributed by atoms with Crippen LogP contribution in [0.15, 0.2) is 27.6 Å². The van der Waals surface area contributed by atoms with Gasteiger partial charge in [0.25, 0.3) is 5.91 Å². The summed E-state index contributed by atoms with van der Waals surface area (Å²) in [5.41, 5.74) is 0.361. The van der Waals surface area contributed by atoms with Crippen molar-refractivity contribution in [1.82, 2.24) is 15.5 Å². The molecule has 0 saturated carbocycles. The Kier molecular flexibility index (Phi) is 3.88. The van der Waals surface area contributed by atoms with Crippen LogP contribution in [0.4, 0.5) is 0 Å². The van der Waals surface area contributed by atoms with E-state index in [1.807, 2.05) is 0 Å². The molecule has 0 aliphatic heterocycles. The first-order chi connectivity index (χ1) is 8.56. The second-order valence-electron chi connectivity index (χ2n) is 3.58. The van der Waals surface area contributed by atoms with Gasteiger partial charge in [-0.3, -0.25) is 4.79 Å². The van der Waals surface area contributed by atoms with Crippen LogP contribution < -0.4 is 5.32 Å². The third-order valence-electron chi connectivity index (χ3n) is 2.16. The summed E-state index contributed by atoms with van der Waals surface area (Å²) in [7, 11) is 0. The molecule has 0 radical (unpaired) electrons. The molecular formula is C11H10ClN3O2S. The molecule has 2 rings (SSSR count). The van der Waals surface area contributed by atoms with Crippen molar-refractivity contribution in [2.45, 2.75) is 18.4 Å². The summed E-state index contributed by atoms with van der Waals surface area (Å²) in [5, 5.41) is 6.63. The van der Waals surface area contributed by atoms with Gasteiger partial charge in [-0.25, -0.2) is 0 Å². The van der Waals surface area contributed by atoms with Crippen LogP contribution in [0.2, 0.25) is 5.02 Å². The zero-order valence-electron chi connectivity index (χ0n) is 9.48. The molecule has 5 nitrogen and oxygen atoms in total. The number of aromatic nitrogens is 2. The smallest absolute Gasteiger partial charge is 0.253 e. The number of aryl methyl sites for hydroxylation is 1. The molecule has 0 spiro atoms. The first-order valence-electron chi connectivity index (χ1n) is 5.12. The van der Waals surface area contributed by atoms with Crippen LogP contribution in [-0.4, -0.2) is 16.0 Å². The van der Waals surface area contributed by atoms with Crippen LogP contribution in [0.3, 0.4) is 0 Å². The number of rotatable bonds is 3. The zero-order chi connectivity index (χ0) is 13.1. The van der Waals surface area contributed by atoms with Gasteiger partial charge in [0.15, 0.2) is 5.82 Å². The van der Waals surface area contributed by atoms with Crippen molar-refractivity contribution in [2.75, 3.05) is 0 Å². The molecule has 1 aromatic heterocycles. The second-order valence-corrected chi connectivity index (χ2v) is 4.51. The molecule has 0 saturated heterocycles. The summed E-state index contributed by atoms with van der Waals surface area (Å²) in [6, 6.07) is 4.93. The molecule has 1 aromatic carbocycles. The fourth-order valence-electron chi connectivity index (χ4n) is 1.35. The third kappa shape index (κ3) is 3.02. The Morgan fingerprint density at radius 3 is 3.00 bits per heavy atom. The Hall–Kier alpha value is -1.53. The topological polar surface area (TPSA) is 68.0 Å². The molecular weight excluding hydrogens is 274 g/mol. The average molecular weight is 284 g/mol. The number of hydrogen-bond acceptors (Lipinski definition) is 5. The maximum Gasteiger partial charge on any atom is 0.253 e. The normalized spacial score (nSPS) is 10.4. The highest BCUT2D eigenvalue weighted by molar-refractivity contribution is 7.80. The first-order valence-corrected chi connectivity index (χ1v) is 5.94. The summed E-state index contributed by atoms with van der Waals surface area (Å²) in [5.74, 6) is 0.556. The minimum absolute atomic E-state index is 0.160. The quantitative estimate of drug-likeness (QED) is 0.848. The van der Waals surface area contributed by atoms with E-state index >= 15 is 0 Å². The van der Waals surface area contributed by atoms with Gasteiger partial charge in [0.1, 0.15) is 0 Å². The molecule has 18 heavy (non-hydrogen) atoms. The third-order valence-corrected chi connectivity index (χ3v) is 2.77. The van der Waals surface area contributed by atoms with Crippen LogP contribution in [0, 0.1) is 6.92 Å². The number of hydrogen-bond donors (Lipinski definition) is 2. The summed E-state index contributed by atoms with van der Waals surface area (Å²) >= 11 is 10.1. The molecule has 94 valence electrons. The van der Waals surface area contributed by atoms with Crippen molar-refractivity contribution in [2.24, 2.45) is 0 Å². The van der Waals surface area contributed by atoms with Gasteiger partial charge in [0, 0.05) is 4.90 Å². The lowest BCUT2D eigenvalue weighted by Gasteiger charge is -2.05. The number of benzene rings is 1. The van der Waals surface area contributed by atoms with E-state index in [9.17, 15) is 4.79 Å². The number of nitrogens with one attached hydrogen (secondary N) is 1. The second kappa shape index (κ2) is 5.41. The van der Waals surface area contributed by atoms with Crippen molar-refractivity contribution in [3.05, 3.63) is 40.5 Å². The summed E-state index contributed by atoms with van der Waals surface area (Å²) in [4.78, 5) is 16.5.